The molecule has 0 heterocycles. The maximum atomic E-state index is 11.9. The van der Waals surface area contributed by atoms with E-state index in [1.807, 2.05) is 26.0 Å². The number of hydrogen-bond donors (Lipinski definition) is 1. The summed E-state index contributed by atoms with van der Waals surface area (Å²) in [6, 6.07) is 12.8. The van der Waals surface area contributed by atoms with Crippen LogP contribution < -0.4 is 10.1 Å². The van der Waals surface area contributed by atoms with Crippen molar-refractivity contribution in [2.75, 3.05) is 11.9 Å². The molecule has 4 nitrogen and oxygen atoms in total. The highest BCUT2D eigenvalue weighted by molar-refractivity contribution is 5.95. The van der Waals surface area contributed by atoms with Gasteiger partial charge in [-0.25, -0.2) is 0 Å². The summed E-state index contributed by atoms with van der Waals surface area (Å²) in [6.45, 7) is 5.85. The van der Waals surface area contributed by atoms with Crippen LogP contribution in [0.25, 0.3) is 0 Å². The topological polar surface area (TPSA) is 55.4 Å². The largest absolute Gasteiger partial charge is 0.493 e. The summed E-state index contributed by atoms with van der Waals surface area (Å²) in [5, 5.41) is 2.79. The lowest BCUT2D eigenvalue weighted by Crippen LogP contribution is -2.15. The van der Waals surface area contributed by atoms with Gasteiger partial charge in [0.25, 0.3) is 0 Å². The second kappa shape index (κ2) is 7.58. The Labute approximate surface area is 136 Å². The molecule has 0 aliphatic carbocycles. The lowest BCUT2D eigenvalue weighted by atomic mass is 10.1. The fraction of sp³-hybridized carbons (Fsp3) is 0.263. The Morgan fingerprint density at radius 1 is 1.00 bits per heavy atom. The van der Waals surface area contributed by atoms with Crippen molar-refractivity contribution in [3.8, 4) is 5.75 Å². The zero-order valence-electron chi connectivity index (χ0n) is 13.7. The third-order valence-electron chi connectivity index (χ3n) is 3.37. The van der Waals surface area contributed by atoms with Gasteiger partial charge in [-0.05, 0) is 68.3 Å². The van der Waals surface area contributed by atoms with Crippen LogP contribution in [0.5, 0.6) is 5.75 Å². The minimum atomic E-state index is -0.120. The van der Waals surface area contributed by atoms with Crippen LogP contribution in [0.15, 0.2) is 42.5 Å². The average molecular weight is 311 g/mol. The van der Waals surface area contributed by atoms with E-state index in [1.54, 1.807) is 24.3 Å². The molecule has 4 heteroatoms. The number of Topliss-reactive ketones (excluding diaryl/α,β-unsaturated/α-hetero) is 1. The Morgan fingerprint density at radius 2 is 1.61 bits per heavy atom. The SMILES string of the molecule is CC(=O)c1ccc(NC(=O)CCOc2cc(C)cc(C)c2)cc1. The molecule has 0 unspecified atom stereocenters. The Kier molecular flexibility index (Phi) is 5.52. The number of carbonyl (C=O) groups is 2. The summed E-state index contributed by atoms with van der Waals surface area (Å²) < 4.78 is 5.62. The van der Waals surface area contributed by atoms with Gasteiger partial charge in [-0.1, -0.05) is 6.07 Å². The van der Waals surface area contributed by atoms with Gasteiger partial charge in [-0.15, -0.1) is 0 Å². The fourth-order valence-corrected chi connectivity index (χ4v) is 2.29. The number of ether oxygens (including phenoxy) is 1. The lowest BCUT2D eigenvalue weighted by molar-refractivity contribution is -0.116. The van der Waals surface area contributed by atoms with Crippen LogP contribution in [0, 0.1) is 13.8 Å². The Bertz CT molecular complexity index is 685. The molecule has 0 saturated carbocycles. The zero-order chi connectivity index (χ0) is 16.8. The third-order valence-corrected chi connectivity index (χ3v) is 3.37. The average Bonchev–Trinajstić information content (AvgIpc) is 2.46. The van der Waals surface area contributed by atoms with Crippen LogP contribution >= 0.6 is 0 Å². The van der Waals surface area contributed by atoms with Gasteiger partial charge in [0.1, 0.15) is 5.75 Å². The number of anilines is 1. The first-order valence-electron chi connectivity index (χ1n) is 7.56. The molecular formula is C19H21NO3. The second-order valence-electron chi connectivity index (χ2n) is 5.60. The first-order valence-corrected chi connectivity index (χ1v) is 7.56. The summed E-state index contributed by atoms with van der Waals surface area (Å²) in [7, 11) is 0. The fourth-order valence-electron chi connectivity index (χ4n) is 2.29. The van der Waals surface area contributed by atoms with Crippen molar-refractivity contribution in [3.63, 3.8) is 0 Å². The van der Waals surface area contributed by atoms with E-state index in [2.05, 4.69) is 11.4 Å². The van der Waals surface area contributed by atoms with Gasteiger partial charge in [0.15, 0.2) is 5.78 Å². The number of aryl methyl sites for hydroxylation is 2. The molecule has 0 aliphatic rings. The smallest absolute Gasteiger partial charge is 0.227 e. The second-order valence-corrected chi connectivity index (χ2v) is 5.60. The Balaban J connectivity index is 1.81. The highest BCUT2D eigenvalue weighted by Gasteiger charge is 2.05. The third kappa shape index (κ3) is 5.25. The highest BCUT2D eigenvalue weighted by atomic mass is 16.5. The van der Waals surface area contributed by atoms with Crippen LogP contribution in [0.4, 0.5) is 5.69 Å². The standard InChI is InChI=1S/C19H21NO3/c1-13-10-14(2)12-18(11-13)23-9-8-19(22)20-17-6-4-16(5-7-17)15(3)21/h4-7,10-12H,8-9H2,1-3H3,(H,20,22). The van der Waals surface area contributed by atoms with E-state index in [1.165, 1.54) is 6.92 Å². The maximum absolute atomic E-state index is 11.9. The molecule has 0 spiro atoms. The van der Waals surface area contributed by atoms with Crippen LogP contribution in [0.3, 0.4) is 0 Å². The van der Waals surface area contributed by atoms with Gasteiger partial charge in [-0.2, -0.15) is 0 Å². The van der Waals surface area contributed by atoms with Crippen molar-refractivity contribution >= 4 is 17.4 Å². The number of nitrogens with one attached hydrogen (secondary N) is 1. The molecule has 1 N–H and O–H groups in total. The minimum absolute atomic E-state index is 0.00437. The lowest BCUT2D eigenvalue weighted by Gasteiger charge is -2.09. The van der Waals surface area contributed by atoms with E-state index in [-0.39, 0.29) is 18.1 Å². The van der Waals surface area contributed by atoms with Crippen molar-refractivity contribution < 1.29 is 14.3 Å². The number of carbonyl (C=O) groups excluding carboxylic acids is 2. The number of amides is 1. The predicted molar refractivity (Wildman–Crippen MR) is 91.1 cm³/mol. The first-order chi connectivity index (χ1) is 10.9. The van der Waals surface area contributed by atoms with Gasteiger partial charge in [-0.3, -0.25) is 9.59 Å². The maximum Gasteiger partial charge on any atom is 0.227 e. The van der Waals surface area contributed by atoms with E-state index >= 15 is 0 Å². The highest BCUT2D eigenvalue weighted by Crippen LogP contribution is 2.16. The van der Waals surface area contributed by atoms with Crippen LogP contribution in [0.2, 0.25) is 0 Å². The summed E-state index contributed by atoms with van der Waals surface area (Å²) in [6.07, 6.45) is 0.265. The van der Waals surface area contributed by atoms with Crippen molar-refractivity contribution in [1.82, 2.24) is 0 Å². The molecule has 23 heavy (non-hydrogen) atoms. The van der Waals surface area contributed by atoms with Gasteiger partial charge in [0, 0.05) is 11.3 Å². The summed E-state index contributed by atoms with van der Waals surface area (Å²) in [4.78, 5) is 23.1. The van der Waals surface area contributed by atoms with Crippen LogP contribution in [0.1, 0.15) is 34.8 Å². The summed E-state index contributed by atoms with van der Waals surface area (Å²) in [5.41, 5.74) is 3.57. The molecule has 0 radical (unpaired) electrons. The van der Waals surface area contributed by atoms with E-state index in [4.69, 9.17) is 4.74 Å². The first kappa shape index (κ1) is 16.7. The van der Waals surface area contributed by atoms with E-state index in [0.29, 0.717) is 17.9 Å². The molecule has 2 aromatic rings. The summed E-state index contributed by atoms with van der Waals surface area (Å²) >= 11 is 0. The molecular weight excluding hydrogens is 290 g/mol. The van der Waals surface area contributed by atoms with Crippen LogP contribution in [-0.2, 0) is 4.79 Å². The molecule has 0 fully saturated rings. The van der Waals surface area contributed by atoms with E-state index in [9.17, 15) is 9.59 Å². The zero-order valence-corrected chi connectivity index (χ0v) is 13.7. The molecule has 0 atom stereocenters. The molecule has 2 aromatic carbocycles. The minimum Gasteiger partial charge on any atom is -0.493 e. The van der Waals surface area contributed by atoms with Crippen molar-refractivity contribution in [2.24, 2.45) is 0 Å². The molecule has 0 saturated heterocycles. The molecule has 0 aliphatic heterocycles. The number of hydrogen-bond acceptors (Lipinski definition) is 3. The Morgan fingerprint density at radius 3 is 2.17 bits per heavy atom. The molecule has 0 aromatic heterocycles. The van der Waals surface area contributed by atoms with Crippen molar-refractivity contribution in [2.45, 2.75) is 27.2 Å². The van der Waals surface area contributed by atoms with E-state index in [0.717, 1.165) is 16.9 Å². The van der Waals surface area contributed by atoms with Gasteiger partial charge >= 0.3 is 0 Å². The normalized spacial score (nSPS) is 10.2. The summed E-state index contributed by atoms with van der Waals surface area (Å²) in [5.74, 6) is 0.663. The van der Waals surface area contributed by atoms with Crippen molar-refractivity contribution in [1.29, 1.82) is 0 Å². The monoisotopic (exact) mass is 311 g/mol. The quantitative estimate of drug-likeness (QED) is 0.823. The van der Waals surface area contributed by atoms with Crippen LogP contribution in [-0.4, -0.2) is 18.3 Å². The van der Waals surface area contributed by atoms with E-state index < -0.39 is 0 Å². The molecule has 120 valence electrons. The van der Waals surface area contributed by atoms with Crippen molar-refractivity contribution in [3.05, 3.63) is 59.2 Å². The number of rotatable bonds is 6. The van der Waals surface area contributed by atoms with Gasteiger partial charge < -0.3 is 10.1 Å². The number of benzene rings is 2. The molecule has 2 rings (SSSR count). The Hall–Kier alpha value is -2.62. The number of ketones is 1. The van der Waals surface area contributed by atoms with Gasteiger partial charge in [0.05, 0.1) is 13.0 Å². The molecule has 0 bridgehead atoms. The predicted octanol–water partition coefficient (Wildman–Crippen LogP) is 3.91. The molecule has 1 amide bonds. The van der Waals surface area contributed by atoms with Gasteiger partial charge in [0.2, 0.25) is 5.91 Å².